The van der Waals surface area contributed by atoms with Crippen LogP contribution in [0, 0.1) is 28.6 Å². The summed E-state index contributed by atoms with van der Waals surface area (Å²) in [5, 5.41) is 11.6. The molecule has 0 aromatic carbocycles. The Morgan fingerprint density at radius 3 is 2.06 bits per heavy atom. The molecule has 5 amide bonds. The Labute approximate surface area is 310 Å². The number of nitrogens with one attached hydrogen (secondary N) is 4. The van der Waals surface area contributed by atoms with E-state index in [1.165, 1.54) is 6.08 Å². The summed E-state index contributed by atoms with van der Waals surface area (Å²) in [6.45, 7) is 15.3. The molecule has 5 aliphatic rings. The lowest BCUT2D eigenvalue weighted by molar-refractivity contribution is -0.146. The Morgan fingerprint density at radius 2 is 1.50 bits per heavy atom. The fraction of sp³-hybridized carbons (Fsp3) is 0.821. The van der Waals surface area contributed by atoms with Crippen molar-refractivity contribution in [2.45, 2.75) is 153 Å². The highest BCUT2D eigenvalue weighted by atomic mass is 32.2. The minimum Gasteiger partial charge on any atom is -0.346 e. The standard InChI is InChI=1S/C39H63N5O7S/c1-8-21-40-33(47)30(45)27(22-25-15-16-25)41-32(46)29-28-26(37(28,5)6)23-44(29)34(48)31(38(7)17-11-9-12-18-38)42-35(49)43-39(19-13-10-14-20-39)24-52(50,51)36(2,3)4/h8,25-29,31H,1,9-24H2,2-7H3,(H,40,47)(H,41,46)(H2,42,43,49). The maximum atomic E-state index is 14.9. The molecule has 4 N–H and O–H groups in total. The van der Waals surface area contributed by atoms with E-state index >= 15 is 0 Å². The number of ketones is 1. The van der Waals surface area contributed by atoms with Crippen LogP contribution in [0.2, 0.25) is 0 Å². The number of urea groups is 1. The minimum atomic E-state index is -3.57. The highest BCUT2D eigenvalue weighted by Crippen LogP contribution is 2.65. The molecule has 4 aliphatic carbocycles. The second-order valence-electron chi connectivity index (χ2n) is 18.5. The number of likely N-dealkylation sites (tertiary alicyclic amines) is 1. The van der Waals surface area contributed by atoms with E-state index in [0.29, 0.717) is 38.6 Å². The molecule has 5 fully saturated rings. The largest absolute Gasteiger partial charge is 0.346 e. The van der Waals surface area contributed by atoms with Crippen LogP contribution in [0.3, 0.4) is 0 Å². The highest BCUT2D eigenvalue weighted by molar-refractivity contribution is 7.92. The third-order valence-corrected chi connectivity index (χ3v) is 15.9. The molecule has 4 saturated carbocycles. The van der Waals surface area contributed by atoms with Gasteiger partial charge in [-0.25, -0.2) is 13.2 Å². The van der Waals surface area contributed by atoms with Gasteiger partial charge in [0.05, 0.1) is 22.1 Å². The molecule has 292 valence electrons. The van der Waals surface area contributed by atoms with Crippen LogP contribution in [0.1, 0.15) is 125 Å². The molecule has 1 aliphatic heterocycles. The molecule has 1 heterocycles. The van der Waals surface area contributed by atoms with Gasteiger partial charge in [-0.3, -0.25) is 19.2 Å². The van der Waals surface area contributed by atoms with Crippen molar-refractivity contribution in [1.82, 2.24) is 26.2 Å². The number of Topliss-reactive ketones (excluding diaryl/α,β-unsaturated/α-hetero) is 1. The van der Waals surface area contributed by atoms with Crippen molar-refractivity contribution in [3.05, 3.63) is 12.7 Å². The van der Waals surface area contributed by atoms with Gasteiger partial charge >= 0.3 is 6.03 Å². The van der Waals surface area contributed by atoms with Crippen LogP contribution in [-0.2, 0) is 29.0 Å². The molecule has 0 spiro atoms. The molecular formula is C39H63N5O7S. The summed E-state index contributed by atoms with van der Waals surface area (Å²) in [7, 11) is -3.57. The van der Waals surface area contributed by atoms with Gasteiger partial charge in [0, 0.05) is 13.1 Å². The Kier molecular flexibility index (Phi) is 11.6. The number of hydrogen-bond acceptors (Lipinski definition) is 7. The number of rotatable bonds is 14. The van der Waals surface area contributed by atoms with Gasteiger partial charge in [0.1, 0.15) is 12.1 Å². The van der Waals surface area contributed by atoms with E-state index < -0.39 is 67.3 Å². The number of carbonyl (C=O) groups excluding carboxylic acids is 5. The van der Waals surface area contributed by atoms with E-state index in [1.54, 1.807) is 25.7 Å². The monoisotopic (exact) mass is 745 g/mol. The average Bonchev–Trinajstić information content (AvgIpc) is 3.92. The van der Waals surface area contributed by atoms with Crippen molar-refractivity contribution in [2.24, 2.45) is 28.6 Å². The highest BCUT2D eigenvalue weighted by Gasteiger charge is 2.70. The van der Waals surface area contributed by atoms with Crippen LogP contribution in [0.5, 0.6) is 0 Å². The van der Waals surface area contributed by atoms with Crippen molar-refractivity contribution in [3.8, 4) is 0 Å². The van der Waals surface area contributed by atoms with E-state index in [1.807, 2.05) is 6.92 Å². The predicted octanol–water partition coefficient (Wildman–Crippen LogP) is 4.18. The third-order valence-electron chi connectivity index (χ3n) is 13.1. The summed E-state index contributed by atoms with van der Waals surface area (Å²) in [5.74, 6) is -2.26. The van der Waals surface area contributed by atoms with Gasteiger partial charge in [-0.15, -0.1) is 6.58 Å². The van der Waals surface area contributed by atoms with Gasteiger partial charge in [-0.1, -0.05) is 78.2 Å². The quantitative estimate of drug-likeness (QED) is 0.153. The lowest BCUT2D eigenvalue weighted by atomic mass is 9.70. The summed E-state index contributed by atoms with van der Waals surface area (Å²) in [5.41, 5.74) is -1.73. The van der Waals surface area contributed by atoms with E-state index in [2.05, 4.69) is 41.7 Å². The Morgan fingerprint density at radius 1 is 0.904 bits per heavy atom. The molecule has 0 aromatic heterocycles. The summed E-state index contributed by atoms with van der Waals surface area (Å²) in [6, 6.07) is -3.38. The zero-order valence-corrected chi connectivity index (χ0v) is 33.1. The van der Waals surface area contributed by atoms with Gasteiger partial charge in [0.15, 0.2) is 9.84 Å². The second kappa shape index (κ2) is 15.1. The third kappa shape index (κ3) is 8.54. The fourth-order valence-electron chi connectivity index (χ4n) is 9.27. The van der Waals surface area contributed by atoms with Gasteiger partial charge in [-0.2, -0.15) is 0 Å². The SMILES string of the molecule is C=CCNC(=O)C(=O)C(CC1CC1)NC(=O)C1C2C(CN1C(=O)C(NC(=O)NC1(CS(=O)(=O)C(C)(C)C)CCCCC1)C1(C)CCCCC1)C2(C)C. The predicted molar refractivity (Wildman–Crippen MR) is 200 cm³/mol. The van der Waals surface area contributed by atoms with Crippen LogP contribution in [0.25, 0.3) is 0 Å². The average molecular weight is 746 g/mol. The Hall–Kier alpha value is -2.96. The minimum absolute atomic E-state index is 0.0717. The van der Waals surface area contributed by atoms with Crippen LogP contribution in [0.15, 0.2) is 12.7 Å². The first-order valence-corrected chi connectivity index (χ1v) is 21.3. The second-order valence-corrected chi connectivity index (χ2v) is 21.2. The van der Waals surface area contributed by atoms with Crippen molar-refractivity contribution in [1.29, 1.82) is 0 Å². The first-order valence-electron chi connectivity index (χ1n) is 19.6. The van der Waals surface area contributed by atoms with E-state index in [-0.39, 0.29) is 41.4 Å². The van der Waals surface area contributed by atoms with E-state index in [4.69, 9.17) is 0 Å². The van der Waals surface area contributed by atoms with Crippen LogP contribution in [-0.4, -0.2) is 90.1 Å². The summed E-state index contributed by atoms with van der Waals surface area (Å²) >= 11 is 0. The van der Waals surface area contributed by atoms with Gasteiger partial charge in [0.2, 0.25) is 17.6 Å². The summed E-state index contributed by atoms with van der Waals surface area (Å²) < 4.78 is 25.9. The number of hydrogen-bond donors (Lipinski definition) is 4. The van der Waals surface area contributed by atoms with Crippen molar-refractivity contribution in [2.75, 3.05) is 18.8 Å². The van der Waals surface area contributed by atoms with Crippen LogP contribution in [0.4, 0.5) is 4.79 Å². The van der Waals surface area contributed by atoms with E-state index in [0.717, 1.165) is 51.4 Å². The molecule has 5 unspecified atom stereocenters. The lowest BCUT2D eigenvalue weighted by Crippen LogP contribution is -2.65. The van der Waals surface area contributed by atoms with Gasteiger partial charge < -0.3 is 26.2 Å². The Balaban J connectivity index is 1.40. The zero-order chi connectivity index (χ0) is 38.3. The number of amides is 5. The topological polar surface area (TPSA) is 171 Å². The molecular weight excluding hydrogens is 683 g/mol. The van der Waals surface area contributed by atoms with Crippen molar-refractivity contribution in [3.63, 3.8) is 0 Å². The maximum Gasteiger partial charge on any atom is 0.315 e. The van der Waals surface area contributed by atoms with Gasteiger partial charge in [-0.05, 0) is 81.5 Å². The van der Waals surface area contributed by atoms with Crippen LogP contribution >= 0.6 is 0 Å². The first kappa shape index (κ1) is 40.2. The molecule has 5 rings (SSSR count). The number of piperidine rings is 1. The molecule has 13 heteroatoms. The van der Waals surface area contributed by atoms with Crippen molar-refractivity contribution < 1.29 is 32.4 Å². The zero-order valence-electron chi connectivity index (χ0n) is 32.3. The maximum absolute atomic E-state index is 14.9. The van der Waals surface area contributed by atoms with Crippen LogP contribution < -0.4 is 21.3 Å². The molecule has 52 heavy (non-hydrogen) atoms. The lowest BCUT2D eigenvalue weighted by Gasteiger charge is -2.44. The molecule has 12 nitrogen and oxygen atoms in total. The molecule has 0 radical (unpaired) electrons. The molecule has 1 saturated heterocycles. The molecule has 5 atom stereocenters. The number of sulfone groups is 1. The van der Waals surface area contributed by atoms with E-state index in [9.17, 15) is 32.4 Å². The first-order chi connectivity index (χ1) is 24.3. The number of fused-ring (bicyclic) bond motifs is 1. The summed E-state index contributed by atoms with van der Waals surface area (Å²) in [4.78, 5) is 70.9. The molecule has 0 aromatic rings. The number of carbonyl (C=O) groups is 5. The normalized spacial score (nSPS) is 27.3. The molecule has 0 bridgehead atoms. The van der Waals surface area contributed by atoms with Crippen molar-refractivity contribution >= 4 is 39.4 Å². The fourth-order valence-corrected chi connectivity index (χ4v) is 10.8. The van der Waals surface area contributed by atoms with Gasteiger partial charge in [0.25, 0.3) is 5.91 Å². The summed E-state index contributed by atoms with van der Waals surface area (Å²) in [6.07, 6.45) is 11.6. The Bertz CT molecular complexity index is 1520. The number of nitrogens with zero attached hydrogens (tertiary/aromatic N) is 1. The smallest absolute Gasteiger partial charge is 0.315 e.